The molecule has 2 aliphatic heterocycles. The Morgan fingerprint density at radius 1 is 1.25 bits per heavy atom. The molecular formula is C25H26N6O6S3. The number of fused-ring (bicyclic) bond motifs is 1. The third-order valence-corrected chi connectivity index (χ3v) is 9.40. The van der Waals surface area contributed by atoms with Gasteiger partial charge < -0.3 is 15.7 Å². The average molecular weight is 603 g/mol. The van der Waals surface area contributed by atoms with Gasteiger partial charge in [0, 0.05) is 24.2 Å². The van der Waals surface area contributed by atoms with E-state index >= 15 is 0 Å². The lowest BCUT2D eigenvalue weighted by Crippen LogP contribution is -2.70. The Kier molecular flexibility index (Phi) is 9.27. The zero-order chi connectivity index (χ0) is 29.0. The number of hydrogen-bond acceptors (Lipinski definition) is 10. The molecule has 5 amide bonds. The van der Waals surface area contributed by atoms with Crippen molar-refractivity contribution in [3.63, 3.8) is 0 Å². The summed E-state index contributed by atoms with van der Waals surface area (Å²) in [5.74, 6) is -1.92. The fraction of sp³-hybridized carbons (Fsp3) is 0.320. The minimum absolute atomic E-state index is 0.0578. The van der Waals surface area contributed by atoms with Gasteiger partial charge in [-0.2, -0.15) is 0 Å². The quantitative estimate of drug-likeness (QED) is 0.221. The summed E-state index contributed by atoms with van der Waals surface area (Å²) in [5.41, 5.74) is 1.38. The first-order chi connectivity index (χ1) is 19.1. The van der Waals surface area contributed by atoms with Gasteiger partial charge in [-0.3, -0.25) is 24.2 Å². The molecule has 1 unspecified atom stereocenters. The standard InChI is InChI=1S/C25H26N6O6S3/c1-4-7-18(33)30(3)24(37)26-16-9-6-5-8-14(16)10-17(32)27-19-21(34)31-20(23(35)36)15(11-38-22(19)31)12-39-25-29-28-13(2)40-25/h4-9,19,22H,10-12H2,1-3H3,(H,26,37)(H,27,32)(H,35,36)/b7-4+/t19?,22-/m1/s1. The molecule has 0 aliphatic carbocycles. The van der Waals surface area contributed by atoms with Gasteiger partial charge in [0.2, 0.25) is 5.91 Å². The molecule has 0 bridgehead atoms. The van der Waals surface area contributed by atoms with E-state index in [1.165, 1.54) is 59.0 Å². The molecule has 3 N–H and O–H groups in total. The number of amides is 5. The summed E-state index contributed by atoms with van der Waals surface area (Å²) >= 11 is 4.17. The Hall–Kier alpha value is -3.69. The number of allylic oxidation sites excluding steroid dienone is 1. The van der Waals surface area contributed by atoms with E-state index in [-0.39, 0.29) is 12.1 Å². The van der Waals surface area contributed by atoms with Crippen LogP contribution in [0.15, 0.2) is 52.0 Å². The number of anilines is 1. The number of carboxylic acids is 1. The van der Waals surface area contributed by atoms with Crippen LogP contribution in [0, 0.1) is 6.92 Å². The Labute approximate surface area is 242 Å². The molecule has 1 aromatic carbocycles. The van der Waals surface area contributed by atoms with E-state index < -0.39 is 41.1 Å². The Morgan fingerprint density at radius 3 is 2.67 bits per heavy atom. The van der Waals surface area contributed by atoms with Gasteiger partial charge in [0.1, 0.15) is 22.1 Å². The summed E-state index contributed by atoms with van der Waals surface area (Å²) in [4.78, 5) is 64.6. The van der Waals surface area contributed by atoms with Crippen LogP contribution in [0.25, 0.3) is 0 Å². The number of rotatable bonds is 9. The molecular weight excluding hydrogens is 577 g/mol. The predicted octanol–water partition coefficient (Wildman–Crippen LogP) is 2.49. The highest BCUT2D eigenvalue weighted by Crippen LogP contribution is 2.41. The van der Waals surface area contributed by atoms with Crippen molar-refractivity contribution in [3.8, 4) is 0 Å². The number of imide groups is 1. The highest BCUT2D eigenvalue weighted by molar-refractivity contribution is 8.01. The molecule has 2 aromatic rings. The van der Waals surface area contributed by atoms with Crippen molar-refractivity contribution in [1.82, 2.24) is 25.3 Å². The molecule has 40 heavy (non-hydrogen) atoms. The van der Waals surface area contributed by atoms with Crippen LogP contribution < -0.4 is 10.6 Å². The Bertz CT molecular complexity index is 1420. The van der Waals surface area contributed by atoms with Crippen molar-refractivity contribution in [2.24, 2.45) is 0 Å². The molecule has 1 saturated heterocycles. The molecule has 12 nitrogen and oxygen atoms in total. The second-order valence-corrected chi connectivity index (χ2v) is 12.3. The van der Waals surface area contributed by atoms with E-state index in [1.54, 1.807) is 31.2 Å². The lowest BCUT2D eigenvalue weighted by atomic mass is 10.0. The number of β-lactam (4-membered cyclic amide) rings is 1. The van der Waals surface area contributed by atoms with Crippen LogP contribution in [-0.4, -0.2) is 84.8 Å². The van der Waals surface area contributed by atoms with Gasteiger partial charge >= 0.3 is 12.0 Å². The Balaban J connectivity index is 1.40. The number of carboxylic acid groups (broad SMARTS) is 1. The van der Waals surface area contributed by atoms with Crippen molar-refractivity contribution < 1.29 is 29.1 Å². The van der Waals surface area contributed by atoms with Gasteiger partial charge in [0.05, 0.1) is 6.42 Å². The number of benzene rings is 1. The molecule has 2 aliphatic rings. The van der Waals surface area contributed by atoms with Crippen molar-refractivity contribution in [2.75, 3.05) is 23.9 Å². The number of nitrogens with zero attached hydrogens (tertiary/aromatic N) is 4. The largest absolute Gasteiger partial charge is 0.477 e. The molecule has 2 atom stereocenters. The molecule has 0 radical (unpaired) electrons. The highest BCUT2D eigenvalue weighted by atomic mass is 32.2. The van der Waals surface area contributed by atoms with Crippen LogP contribution in [0.2, 0.25) is 0 Å². The van der Waals surface area contributed by atoms with Gasteiger partial charge in [-0.15, -0.1) is 22.0 Å². The number of aliphatic carboxylic acids is 1. The minimum Gasteiger partial charge on any atom is -0.477 e. The van der Waals surface area contributed by atoms with Crippen molar-refractivity contribution in [3.05, 3.63) is 58.3 Å². The molecule has 1 aromatic heterocycles. The van der Waals surface area contributed by atoms with Crippen LogP contribution in [0.4, 0.5) is 10.5 Å². The minimum atomic E-state index is -1.20. The fourth-order valence-electron chi connectivity index (χ4n) is 4.03. The number of aromatic nitrogens is 2. The summed E-state index contributed by atoms with van der Waals surface area (Å²) in [6, 6.07) is 5.10. The second-order valence-electron chi connectivity index (χ2n) is 8.75. The number of para-hydroxylation sites is 1. The number of thioether (sulfide) groups is 2. The molecule has 0 saturated carbocycles. The average Bonchev–Trinajstić information content (AvgIpc) is 3.35. The number of urea groups is 1. The van der Waals surface area contributed by atoms with Gasteiger partial charge in [-0.1, -0.05) is 47.4 Å². The normalized spacial score (nSPS) is 18.3. The zero-order valence-electron chi connectivity index (χ0n) is 21.7. The van der Waals surface area contributed by atoms with Crippen LogP contribution in [0.5, 0.6) is 0 Å². The fourth-order valence-corrected chi connectivity index (χ4v) is 7.33. The molecule has 0 spiro atoms. The van der Waals surface area contributed by atoms with Crippen LogP contribution in [-0.2, 0) is 25.6 Å². The van der Waals surface area contributed by atoms with Crippen LogP contribution in [0.3, 0.4) is 0 Å². The van der Waals surface area contributed by atoms with Gasteiger partial charge in [-0.05, 0) is 37.1 Å². The monoisotopic (exact) mass is 602 g/mol. The maximum Gasteiger partial charge on any atom is 0.352 e. The lowest BCUT2D eigenvalue weighted by Gasteiger charge is -2.49. The summed E-state index contributed by atoms with van der Waals surface area (Å²) in [5, 5.41) is 23.5. The summed E-state index contributed by atoms with van der Waals surface area (Å²) in [6.45, 7) is 3.49. The summed E-state index contributed by atoms with van der Waals surface area (Å²) < 4.78 is 0.717. The molecule has 1 fully saturated rings. The van der Waals surface area contributed by atoms with E-state index in [2.05, 4.69) is 20.8 Å². The first-order valence-corrected chi connectivity index (χ1v) is 14.9. The smallest absolute Gasteiger partial charge is 0.352 e. The third-order valence-electron chi connectivity index (χ3n) is 6.00. The maximum atomic E-state index is 13.0. The zero-order valence-corrected chi connectivity index (χ0v) is 24.2. The molecule has 15 heteroatoms. The van der Waals surface area contributed by atoms with Gasteiger partial charge in [-0.25, -0.2) is 9.59 Å². The number of nitrogens with one attached hydrogen (secondary N) is 2. The highest BCUT2D eigenvalue weighted by Gasteiger charge is 2.54. The first-order valence-electron chi connectivity index (χ1n) is 12.0. The van der Waals surface area contributed by atoms with E-state index in [0.29, 0.717) is 28.3 Å². The second kappa shape index (κ2) is 12.7. The van der Waals surface area contributed by atoms with E-state index in [1.807, 2.05) is 6.92 Å². The number of carbonyl (C=O) groups is 5. The van der Waals surface area contributed by atoms with E-state index in [0.717, 1.165) is 14.2 Å². The topological polar surface area (TPSA) is 162 Å². The molecule has 4 rings (SSSR count). The van der Waals surface area contributed by atoms with E-state index in [4.69, 9.17) is 0 Å². The van der Waals surface area contributed by atoms with E-state index in [9.17, 15) is 29.1 Å². The number of likely N-dealkylation sites (N-methyl/N-ethyl adjacent to an activating group) is 1. The Morgan fingerprint density at radius 2 is 2.00 bits per heavy atom. The van der Waals surface area contributed by atoms with Crippen molar-refractivity contribution in [2.45, 2.75) is 36.0 Å². The van der Waals surface area contributed by atoms with Crippen LogP contribution >= 0.6 is 34.9 Å². The lowest BCUT2D eigenvalue weighted by molar-refractivity contribution is -0.150. The predicted molar refractivity (Wildman–Crippen MR) is 152 cm³/mol. The van der Waals surface area contributed by atoms with Crippen LogP contribution in [0.1, 0.15) is 17.5 Å². The number of carbonyl (C=O) groups excluding carboxylic acids is 4. The van der Waals surface area contributed by atoms with Crippen molar-refractivity contribution >= 4 is 70.3 Å². The molecule has 210 valence electrons. The molecule has 3 heterocycles. The first kappa shape index (κ1) is 29.3. The third kappa shape index (κ3) is 6.37. The van der Waals surface area contributed by atoms with Crippen molar-refractivity contribution in [1.29, 1.82) is 0 Å². The maximum absolute atomic E-state index is 13.0. The van der Waals surface area contributed by atoms with Gasteiger partial charge in [0.25, 0.3) is 11.8 Å². The number of hydrogen-bond donors (Lipinski definition) is 3. The van der Waals surface area contributed by atoms with Gasteiger partial charge in [0.15, 0.2) is 4.34 Å². The summed E-state index contributed by atoms with van der Waals surface area (Å²) in [7, 11) is 1.34. The number of aryl methyl sites for hydroxylation is 1. The summed E-state index contributed by atoms with van der Waals surface area (Å²) in [6.07, 6.45) is 2.63. The SMILES string of the molecule is C/C=C/C(=O)N(C)C(=O)Nc1ccccc1CC(=O)NC1C(=O)N2C(C(=O)O)=C(CSc3nnc(C)s3)CS[C@H]12.